The zero-order chi connectivity index (χ0) is 24.1. The number of anilines is 1. The van der Waals surface area contributed by atoms with Gasteiger partial charge in [0, 0.05) is 35.8 Å². The van der Waals surface area contributed by atoms with Gasteiger partial charge in [0.2, 0.25) is 5.91 Å². The Bertz CT molecular complexity index is 1380. The molecule has 4 aromatic rings. The Morgan fingerprint density at radius 1 is 1.06 bits per heavy atom. The van der Waals surface area contributed by atoms with E-state index in [9.17, 15) is 19.7 Å². The lowest BCUT2D eigenvalue weighted by molar-refractivity contribution is -0.384. The normalized spacial score (nSPS) is 10.7. The molecule has 0 saturated carbocycles. The maximum atomic E-state index is 12.5. The number of benzene rings is 3. The molecule has 34 heavy (non-hydrogen) atoms. The summed E-state index contributed by atoms with van der Waals surface area (Å²) in [7, 11) is 1.74. The van der Waals surface area contributed by atoms with E-state index >= 15 is 0 Å². The molecule has 172 valence electrons. The van der Waals surface area contributed by atoms with Gasteiger partial charge < -0.3 is 15.2 Å². The van der Waals surface area contributed by atoms with Crippen LogP contribution in [0.25, 0.3) is 10.8 Å². The molecule has 11 heteroatoms. The molecule has 1 aromatic heterocycles. The molecule has 0 unspecified atom stereocenters. The van der Waals surface area contributed by atoms with Crippen molar-refractivity contribution >= 4 is 45.7 Å². The van der Waals surface area contributed by atoms with Gasteiger partial charge in [-0.25, -0.2) is 0 Å². The Hall–Kier alpha value is -4.25. The summed E-state index contributed by atoms with van der Waals surface area (Å²) in [6, 6.07) is 19.0. The lowest BCUT2D eigenvalue weighted by Crippen LogP contribution is -2.24. The molecular weight excluding hydrogens is 456 g/mol. The number of non-ortho nitro benzene ring substituents is 1. The number of fused-ring (bicyclic) bond motifs is 1. The van der Waals surface area contributed by atoms with Crippen LogP contribution in [-0.4, -0.2) is 37.3 Å². The fraction of sp³-hybridized carbons (Fsp3) is 0.130. The largest absolute Gasteiger partial charge is 0.345 e. The molecule has 0 aliphatic heterocycles. The van der Waals surface area contributed by atoms with E-state index in [1.165, 1.54) is 36.0 Å². The van der Waals surface area contributed by atoms with E-state index in [1.54, 1.807) is 11.6 Å². The molecule has 3 aromatic carbocycles. The minimum Gasteiger partial charge on any atom is -0.345 e. The highest BCUT2D eigenvalue weighted by Gasteiger charge is 2.15. The molecule has 2 N–H and O–H groups in total. The zero-order valence-electron chi connectivity index (χ0n) is 18.1. The van der Waals surface area contributed by atoms with Crippen LogP contribution < -0.4 is 10.6 Å². The van der Waals surface area contributed by atoms with Crippen LogP contribution in [0.15, 0.2) is 71.9 Å². The van der Waals surface area contributed by atoms with Gasteiger partial charge in [-0.2, -0.15) is 0 Å². The number of nitrogens with zero attached hydrogens (tertiary/aromatic N) is 4. The Morgan fingerprint density at radius 2 is 1.82 bits per heavy atom. The van der Waals surface area contributed by atoms with E-state index in [2.05, 4.69) is 20.8 Å². The molecule has 0 aliphatic rings. The number of rotatable bonds is 8. The first kappa shape index (κ1) is 22.9. The number of thioether (sulfide) groups is 1. The van der Waals surface area contributed by atoms with Gasteiger partial charge >= 0.3 is 0 Å². The lowest BCUT2D eigenvalue weighted by Gasteiger charge is -2.09. The molecule has 0 fully saturated rings. The third-order valence-corrected chi connectivity index (χ3v) is 6.07. The van der Waals surface area contributed by atoms with Crippen molar-refractivity contribution in [3.63, 3.8) is 0 Å². The first-order valence-electron chi connectivity index (χ1n) is 10.2. The molecule has 0 radical (unpaired) electrons. The average molecular weight is 477 g/mol. The minimum atomic E-state index is -0.556. The second kappa shape index (κ2) is 10.1. The van der Waals surface area contributed by atoms with Crippen molar-refractivity contribution in [2.45, 2.75) is 11.7 Å². The lowest BCUT2D eigenvalue weighted by atomic mass is 10.1. The van der Waals surface area contributed by atoms with E-state index < -0.39 is 10.8 Å². The number of hydrogen-bond acceptors (Lipinski definition) is 7. The minimum absolute atomic E-state index is 0.0772. The van der Waals surface area contributed by atoms with Gasteiger partial charge in [-0.3, -0.25) is 19.7 Å². The number of nitro groups is 1. The number of amides is 2. The quantitative estimate of drug-likeness (QED) is 0.226. The van der Waals surface area contributed by atoms with E-state index in [-0.39, 0.29) is 29.5 Å². The van der Waals surface area contributed by atoms with Crippen LogP contribution in [0.4, 0.5) is 11.4 Å². The maximum absolute atomic E-state index is 12.5. The number of aromatic nitrogens is 3. The summed E-state index contributed by atoms with van der Waals surface area (Å²) in [5.74, 6) is -0.0223. The first-order valence-corrected chi connectivity index (χ1v) is 11.2. The number of hydrogen-bond donors (Lipinski definition) is 2. The van der Waals surface area contributed by atoms with Crippen LogP contribution in [0.2, 0.25) is 0 Å². The van der Waals surface area contributed by atoms with Gasteiger partial charge in [-0.05, 0) is 17.5 Å². The molecule has 0 aliphatic carbocycles. The fourth-order valence-electron chi connectivity index (χ4n) is 3.30. The van der Waals surface area contributed by atoms with Gasteiger partial charge in [0.15, 0.2) is 11.0 Å². The van der Waals surface area contributed by atoms with E-state index in [1.807, 2.05) is 42.5 Å². The number of carbonyl (C=O) groups excluding carboxylic acids is 2. The van der Waals surface area contributed by atoms with E-state index in [0.29, 0.717) is 11.0 Å². The van der Waals surface area contributed by atoms with Gasteiger partial charge in [0.05, 0.1) is 17.2 Å². The number of nitro benzene ring substituents is 1. The average Bonchev–Trinajstić information content (AvgIpc) is 3.20. The third kappa shape index (κ3) is 5.21. The Labute approximate surface area is 198 Å². The smallest absolute Gasteiger partial charge is 0.270 e. The molecule has 0 atom stereocenters. The molecule has 10 nitrogen and oxygen atoms in total. The highest BCUT2D eigenvalue weighted by atomic mass is 32.2. The predicted octanol–water partition coefficient (Wildman–Crippen LogP) is 3.54. The molecular formula is C23H20N6O4S. The topological polar surface area (TPSA) is 132 Å². The summed E-state index contributed by atoms with van der Waals surface area (Å²) in [5, 5.41) is 27.2. The molecule has 0 bridgehead atoms. The summed E-state index contributed by atoms with van der Waals surface area (Å²) in [5.41, 5.74) is 0.758. The predicted molar refractivity (Wildman–Crippen MR) is 129 cm³/mol. The summed E-state index contributed by atoms with van der Waals surface area (Å²) in [6.07, 6.45) is 0. The van der Waals surface area contributed by atoms with Crippen LogP contribution in [0.5, 0.6) is 0 Å². The summed E-state index contributed by atoms with van der Waals surface area (Å²) in [6.45, 7) is 0.0772. The van der Waals surface area contributed by atoms with Crippen molar-refractivity contribution in [1.82, 2.24) is 20.1 Å². The number of nitrogens with one attached hydrogen (secondary N) is 2. The van der Waals surface area contributed by atoms with Crippen LogP contribution >= 0.6 is 11.8 Å². The fourth-order valence-corrected chi connectivity index (χ4v) is 4.03. The Kier molecular flexibility index (Phi) is 6.83. The standard InChI is InChI=1S/C23H20N6O4S/c1-28-20(13-24-22(31)16-8-4-9-17(12-16)29(32)33)26-27-23(28)34-14-21(30)25-19-11-5-7-15-6-2-3-10-18(15)19/h2-12H,13-14H2,1H3,(H,24,31)(H,25,30). The van der Waals surface area contributed by atoms with Gasteiger partial charge in [0.1, 0.15) is 0 Å². The van der Waals surface area contributed by atoms with E-state index in [4.69, 9.17) is 0 Å². The molecule has 2 amide bonds. The van der Waals surface area contributed by atoms with Gasteiger partial charge in [0.25, 0.3) is 11.6 Å². The maximum Gasteiger partial charge on any atom is 0.270 e. The first-order chi connectivity index (χ1) is 16.4. The van der Waals surface area contributed by atoms with Gasteiger partial charge in [-0.15, -0.1) is 10.2 Å². The SMILES string of the molecule is Cn1c(CNC(=O)c2cccc([N+](=O)[O-])c2)nnc1SCC(=O)Nc1cccc2ccccc12. The zero-order valence-corrected chi connectivity index (χ0v) is 18.9. The Morgan fingerprint density at radius 3 is 2.65 bits per heavy atom. The number of carbonyl (C=O) groups is 2. The molecule has 1 heterocycles. The van der Waals surface area contributed by atoms with Crippen LogP contribution in [-0.2, 0) is 18.4 Å². The van der Waals surface area contributed by atoms with Crippen molar-refractivity contribution in [3.05, 3.63) is 88.2 Å². The summed E-state index contributed by atoms with van der Waals surface area (Å²) >= 11 is 1.23. The van der Waals surface area contributed by atoms with Crippen molar-refractivity contribution in [3.8, 4) is 0 Å². The van der Waals surface area contributed by atoms with Crippen molar-refractivity contribution in [1.29, 1.82) is 0 Å². The van der Waals surface area contributed by atoms with Crippen molar-refractivity contribution < 1.29 is 14.5 Å². The second-order valence-electron chi connectivity index (χ2n) is 7.31. The molecule has 4 rings (SSSR count). The third-order valence-electron chi connectivity index (χ3n) is 5.05. The summed E-state index contributed by atoms with van der Waals surface area (Å²) < 4.78 is 1.68. The van der Waals surface area contributed by atoms with Crippen LogP contribution in [0.3, 0.4) is 0 Å². The summed E-state index contributed by atoms with van der Waals surface area (Å²) in [4.78, 5) is 35.2. The van der Waals surface area contributed by atoms with Crippen LogP contribution in [0.1, 0.15) is 16.2 Å². The Balaban J connectivity index is 1.33. The second-order valence-corrected chi connectivity index (χ2v) is 8.25. The van der Waals surface area contributed by atoms with E-state index in [0.717, 1.165) is 16.5 Å². The van der Waals surface area contributed by atoms with Crippen molar-refractivity contribution in [2.24, 2.45) is 7.05 Å². The monoisotopic (exact) mass is 476 g/mol. The van der Waals surface area contributed by atoms with Gasteiger partial charge in [-0.1, -0.05) is 54.2 Å². The van der Waals surface area contributed by atoms with Crippen LogP contribution in [0, 0.1) is 10.1 Å². The highest BCUT2D eigenvalue weighted by Crippen LogP contribution is 2.24. The highest BCUT2D eigenvalue weighted by molar-refractivity contribution is 7.99. The van der Waals surface area contributed by atoms with Crippen molar-refractivity contribution in [2.75, 3.05) is 11.1 Å². The molecule has 0 spiro atoms. The molecule has 0 saturated heterocycles.